The first-order valence-electron chi connectivity index (χ1n) is 6.38. The molecule has 1 aromatic carbocycles. The molecule has 3 rings (SSSR count). The Morgan fingerprint density at radius 3 is 3.00 bits per heavy atom. The molecule has 0 aliphatic heterocycles. The molecule has 0 saturated heterocycles. The number of aryl methyl sites for hydroxylation is 2. The van der Waals surface area contributed by atoms with Gasteiger partial charge in [0.2, 0.25) is 0 Å². The van der Waals surface area contributed by atoms with Crippen LogP contribution in [0.25, 0.3) is 11.1 Å². The summed E-state index contributed by atoms with van der Waals surface area (Å²) in [5.41, 5.74) is 3.81. The molecule has 0 amide bonds. The molecule has 2 N–H and O–H groups in total. The fraction of sp³-hybridized carbons (Fsp3) is 0.286. The number of rotatable bonds is 4. The molecule has 98 valence electrons. The van der Waals surface area contributed by atoms with Gasteiger partial charge in [-0.3, -0.25) is 0 Å². The van der Waals surface area contributed by atoms with Crippen LogP contribution in [-0.4, -0.2) is 15.0 Å². The average Bonchev–Trinajstić information content (AvgIpc) is 3.01. The molecule has 0 aliphatic carbocycles. The van der Waals surface area contributed by atoms with Crippen LogP contribution in [-0.2, 0) is 13.0 Å². The summed E-state index contributed by atoms with van der Waals surface area (Å²) in [6.07, 6.45) is 2.65. The topological polar surface area (TPSA) is 66.7 Å². The van der Waals surface area contributed by atoms with E-state index in [1.165, 1.54) is 0 Å². The zero-order valence-electron chi connectivity index (χ0n) is 11.0. The zero-order valence-corrected chi connectivity index (χ0v) is 11.0. The Hall–Kier alpha value is -2.30. The number of aromatic nitrogens is 3. The first kappa shape index (κ1) is 11.8. The number of oxazole rings is 1. The summed E-state index contributed by atoms with van der Waals surface area (Å²) < 4.78 is 5.58. The third-order valence-corrected chi connectivity index (χ3v) is 2.97. The second kappa shape index (κ2) is 4.76. The minimum Gasteiger partial charge on any atom is -0.441 e. The molecule has 5 nitrogen and oxygen atoms in total. The number of aromatic amines is 1. The standard InChI is InChI=1S/C14H16N4O/c1-3-14-18-12-6-10(4-5-13(12)19-14)16-8-11-7-15-9(2)17-11/h4-7,16H,3,8H2,1-2H3,(H,15,17). The van der Waals surface area contributed by atoms with Crippen molar-refractivity contribution < 1.29 is 4.42 Å². The summed E-state index contributed by atoms with van der Waals surface area (Å²) in [6, 6.07) is 5.94. The zero-order chi connectivity index (χ0) is 13.2. The first-order chi connectivity index (χ1) is 9.24. The van der Waals surface area contributed by atoms with Crippen LogP contribution in [0.2, 0.25) is 0 Å². The van der Waals surface area contributed by atoms with E-state index in [-0.39, 0.29) is 0 Å². The van der Waals surface area contributed by atoms with Crippen molar-refractivity contribution in [3.63, 3.8) is 0 Å². The van der Waals surface area contributed by atoms with E-state index in [9.17, 15) is 0 Å². The number of H-pyrrole nitrogens is 1. The molecule has 19 heavy (non-hydrogen) atoms. The lowest BCUT2D eigenvalue weighted by Crippen LogP contribution is -1.99. The Bertz CT molecular complexity index is 698. The smallest absolute Gasteiger partial charge is 0.195 e. The van der Waals surface area contributed by atoms with E-state index in [1.807, 2.05) is 38.2 Å². The monoisotopic (exact) mass is 256 g/mol. The van der Waals surface area contributed by atoms with Gasteiger partial charge in [-0.25, -0.2) is 9.97 Å². The first-order valence-corrected chi connectivity index (χ1v) is 6.38. The van der Waals surface area contributed by atoms with E-state index in [0.29, 0.717) is 6.54 Å². The fourth-order valence-corrected chi connectivity index (χ4v) is 2.00. The minimum absolute atomic E-state index is 0.713. The molecule has 3 aromatic rings. The number of anilines is 1. The molecule has 0 radical (unpaired) electrons. The molecule has 0 atom stereocenters. The minimum atomic E-state index is 0.713. The van der Waals surface area contributed by atoms with Crippen molar-refractivity contribution in [3.05, 3.63) is 41.8 Å². The largest absolute Gasteiger partial charge is 0.441 e. The number of hydrogen-bond donors (Lipinski definition) is 2. The summed E-state index contributed by atoms with van der Waals surface area (Å²) >= 11 is 0. The number of nitrogens with one attached hydrogen (secondary N) is 2. The maximum atomic E-state index is 5.58. The third kappa shape index (κ3) is 2.45. The Balaban J connectivity index is 1.77. The number of hydrogen-bond acceptors (Lipinski definition) is 4. The van der Waals surface area contributed by atoms with Gasteiger partial charge in [-0.15, -0.1) is 0 Å². The molecule has 0 spiro atoms. The summed E-state index contributed by atoms with van der Waals surface area (Å²) in [6.45, 7) is 4.69. The Labute approximate surface area is 111 Å². The van der Waals surface area contributed by atoms with Crippen molar-refractivity contribution in [1.82, 2.24) is 15.0 Å². The lowest BCUT2D eigenvalue weighted by Gasteiger charge is -2.03. The van der Waals surface area contributed by atoms with Crippen molar-refractivity contribution in [2.24, 2.45) is 0 Å². The maximum Gasteiger partial charge on any atom is 0.195 e. The maximum absolute atomic E-state index is 5.58. The van der Waals surface area contributed by atoms with Gasteiger partial charge in [0.25, 0.3) is 0 Å². The van der Waals surface area contributed by atoms with Crippen LogP contribution < -0.4 is 5.32 Å². The van der Waals surface area contributed by atoms with E-state index >= 15 is 0 Å². The van der Waals surface area contributed by atoms with Crippen LogP contribution in [0.15, 0.2) is 28.8 Å². The highest BCUT2D eigenvalue weighted by Crippen LogP contribution is 2.20. The van der Waals surface area contributed by atoms with E-state index in [4.69, 9.17) is 4.42 Å². The Kier molecular flexibility index (Phi) is 2.95. The van der Waals surface area contributed by atoms with Crippen LogP contribution in [0.1, 0.15) is 24.3 Å². The number of benzene rings is 1. The van der Waals surface area contributed by atoms with Crippen LogP contribution in [0.5, 0.6) is 0 Å². The van der Waals surface area contributed by atoms with Crippen LogP contribution >= 0.6 is 0 Å². The lowest BCUT2D eigenvalue weighted by atomic mass is 10.3. The molecular weight excluding hydrogens is 240 g/mol. The molecule has 0 saturated carbocycles. The van der Waals surface area contributed by atoms with Gasteiger partial charge in [-0.1, -0.05) is 6.92 Å². The molecule has 0 bridgehead atoms. The Morgan fingerprint density at radius 2 is 2.26 bits per heavy atom. The van der Waals surface area contributed by atoms with E-state index < -0.39 is 0 Å². The highest BCUT2D eigenvalue weighted by Gasteiger charge is 2.05. The third-order valence-electron chi connectivity index (χ3n) is 2.97. The Morgan fingerprint density at radius 1 is 1.37 bits per heavy atom. The second-order valence-corrected chi connectivity index (χ2v) is 4.49. The van der Waals surface area contributed by atoms with Crippen molar-refractivity contribution in [3.8, 4) is 0 Å². The van der Waals surface area contributed by atoms with Crippen LogP contribution in [0.4, 0.5) is 5.69 Å². The van der Waals surface area contributed by atoms with E-state index in [0.717, 1.165) is 40.6 Å². The molecule has 2 aromatic heterocycles. The molecule has 2 heterocycles. The van der Waals surface area contributed by atoms with Gasteiger partial charge in [0.05, 0.1) is 18.4 Å². The lowest BCUT2D eigenvalue weighted by molar-refractivity contribution is 0.538. The summed E-state index contributed by atoms with van der Waals surface area (Å²) in [5.74, 6) is 1.70. The van der Waals surface area contributed by atoms with E-state index in [1.54, 1.807) is 0 Å². The van der Waals surface area contributed by atoms with Gasteiger partial charge in [-0.2, -0.15) is 0 Å². The summed E-state index contributed by atoms with van der Waals surface area (Å²) in [7, 11) is 0. The highest BCUT2D eigenvalue weighted by atomic mass is 16.3. The van der Waals surface area contributed by atoms with Crippen molar-refractivity contribution in [2.75, 3.05) is 5.32 Å². The summed E-state index contributed by atoms with van der Waals surface area (Å²) in [4.78, 5) is 11.8. The SMILES string of the molecule is CCc1nc2cc(NCc3cnc(C)[nH]3)ccc2o1. The van der Waals surface area contributed by atoms with Gasteiger partial charge in [-0.05, 0) is 25.1 Å². The van der Waals surface area contributed by atoms with Gasteiger partial charge in [0, 0.05) is 12.1 Å². The van der Waals surface area contributed by atoms with E-state index in [2.05, 4.69) is 20.3 Å². The van der Waals surface area contributed by atoms with Gasteiger partial charge in [0.15, 0.2) is 11.5 Å². The number of fused-ring (bicyclic) bond motifs is 1. The van der Waals surface area contributed by atoms with Gasteiger partial charge < -0.3 is 14.7 Å². The molecule has 0 fully saturated rings. The second-order valence-electron chi connectivity index (χ2n) is 4.49. The number of imidazole rings is 1. The van der Waals surface area contributed by atoms with Crippen molar-refractivity contribution in [2.45, 2.75) is 26.8 Å². The van der Waals surface area contributed by atoms with Gasteiger partial charge >= 0.3 is 0 Å². The van der Waals surface area contributed by atoms with Crippen molar-refractivity contribution >= 4 is 16.8 Å². The normalized spacial score (nSPS) is 11.1. The predicted molar refractivity (Wildman–Crippen MR) is 74.0 cm³/mol. The van der Waals surface area contributed by atoms with Crippen molar-refractivity contribution in [1.29, 1.82) is 0 Å². The predicted octanol–water partition coefficient (Wildman–Crippen LogP) is 3.03. The molecule has 5 heteroatoms. The summed E-state index contributed by atoms with van der Waals surface area (Å²) in [5, 5.41) is 3.34. The molecule has 0 unspecified atom stereocenters. The molecular formula is C14H16N4O. The van der Waals surface area contributed by atoms with Crippen LogP contribution in [0.3, 0.4) is 0 Å². The molecule has 0 aliphatic rings. The highest BCUT2D eigenvalue weighted by molar-refractivity contribution is 5.77. The number of nitrogens with zero attached hydrogens (tertiary/aromatic N) is 2. The quantitative estimate of drug-likeness (QED) is 0.753. The van der Waals surface area contributed by atoms with Gasteiger partial charge in [0.1, 0.15) is 11.3 Å². The average molecular weight is 256 g/mol. The van der Waals surface area contributed by atoms with Crippen LogP contribution in [0, 0.1) is 6.92 Å². The fourth-order valence-electron chi connectivity index (χ4n) is 2.00.